The number of nitrogens with one attached hydrogen (secondary N) is 1. The van der Waals surface area contributed by atoms with E-state index in [9.17, 15) is 13.2 Å². The summed E-state index contributed by atoms with van der Waals surface area (Å²) in [4.78, 5) is 4.05. The van der Waals surface area contributed by atoms with Crippen molar-refractivity contribution in [3.05, 3.63) is 30.1 Å². The van der Waals surface area contributed by atoms with Crippen molar-refractivity contribution in [3.63, 3.8) is 0 Å². The minimum Gasteiger partial charge on any atom is -0.323 e. The summed E-state index contributed by atoms with van der Waals surface area (Å²) in [5.41, 5.74) is 1.21. The van der Waals surface area contributed by atoms with E-state index < -0.39 is 12.7 Å². The molecule has 104 valence electrons. The molecule has 0 radical (unpaired) electrons. The van der Waals surface area contributed by atoms with Gasteiger partial charge in [-0.2, -0.15) is 13.2 Å². The second-order valence-corrected chi connectivity index (χ2v) is 4.81. The summed E-state index contributed by atoms with van der Waals surface area (Å²) in [6.07, 6.45) is -1.21. The maximum absolute atomic E-state index is 12.5. The Balaban J connectivity index is 2.37. The van der Waals surface area contributed by atoms with Crippen LogP contribution in [0.15, 0.2) is 24.5 Å². The second kappa shape index (κ2) is 5.21. The molecule has 3 nitrogen and oxygen atoms in total. The molecule has 0 unspecified atom stereocenters. The van der Waals surface area contributed by atoms with Gasteiger partial charge in [0.05, 0.1) is 0 Å². The molecule has 19 heavy (non-hydrogen) atoms. The minimum absolute atomic E-state index is 0.276. The highest BCUT2D eigenvalue weighted by atomic mass is 19.4. The summed E-state index contributed by atoms with van der Waals surface area (Å²) in [6.45, 7) is 3.51. The number of pyridine rings is 1. The van der Waals surface area contributed by atoms with E-state index in [0.29, 0.717) is 12.2 Å². The monoisotopic (exact) mass is 271 g/mol. The molecule has 2 heterocycles. The van der Waals surface area contributed by atoms with Crippen LogP contribution in [0.2, 0.25) is 0 Å². The third kappa shape index (κ3) is 3.47. The maximum atomic E-state index is 12.5. The molecule has 0 amide bonds. The Morgan fingerprint density at radius 1 is 1.37 bits per heavy atom. The lowest BCUT2D eigenvalue weighted by molar-refractivity contribution is -0.139. The van der Waals surface area contributed by atoms with E-state index in [4.69, 9.17) is 0 Å². The van der Waals surface area contributed by atoms with Gasteiger partial charge >= 0.3 is 6.18 Å². The largest absolute Gasteiger partial charge is 0.406 e. The number of fused-ring (bicyclic) bond motifs is 1. The fourth-order valence-corrected chi connectivity index (χ4v) is 1.96. The van der Waals surface area contributed by atoms with Gasteiger partial charge in [-0.05, 0) is 17.7 Å². The first-order valence-electron chi connectivity index (χ1n) is 6.09. The molecule has 0 atom stereocenters. The Bertz CT molecular complexity index is 558. The van der Waals surface area contributed by atoms with Gasteiger partial charge in [0.25, 0.3) is 0 Å². The summed E-state index contributed by atoms with van der Waals surface area (Å²) in [7, 11) is 0. The van der Waals surface area contributed by atoms with E-state index in [1.165, 1.54) is 12.4 Å². The Kier molecular flexibility index (Phi) is 3.80. The lowest BCUT2D eigenvalue weighted by atomic mass is 10.2. The van der Waals surface area contributed by atoms with Crippen molar-refractivity contribution in [1.29, 1.82) is 0 Å². The molecule has 0 aliphatic carbocycles. The smallest absolute Gasteiger partial charge is 0.323 e. The fourth-order valence-electron chi connectivity index (χ4n) is 1.96. The lowest BCUT2D eigenvalue weighted by Gasteiger charge is -2.08. The highest BCUT2D eigenvalue weighted by Crippen LogP contribution is 2.24. The first-order chi connectivity index (χ1) is 8.87. The molecule has 0 spiro atoms. The first-order valence-corrected chi connectivity index (χ1v) is 6.09. The van der Waals surface area contributed by atoms with Gasteiger partial charge in [0.1, 0.15) is 12.2 Å². The Hall–Kier alpha value is -1.56. The minimum atomic E-state index is -4.24. The number of aromatic nitrogens is 2. The van der Waals surface area contributed by atoms with Crippen LogP contribution in [-0.2, 0) is 13.1 Å². The number of alkyl halides is 3. The number of hydrogen-bond donors (Lipinski definition) is 1. The zero-order valence-corrected chi connectivity index (χ0v) is 10.8. The third-order valence-corrected chi connectivity index (χ3v) is 2.77. The van der Waals surface area contributed by atoms with Gasteiger partial charge in [0.15, 0.2) is 0 Å². The average Bonchev–Trinajstić information content (AvgIpc) is 2.63. The maximum Gasteiger partial charge on any atom is 0.406 e. The number of rotatable bonds is 4. The van der Waals surface area contributed by atoms with Gasteiger partial charge in [-0.1, -0.05) is 13.8 Å². The molecule has 2 aromatic heterocycles. The van der Waals surface area contributed by atoms with Gasteiger partial charge in [-0.25, -0.2) is 4.98 Å². The quantitative estimate of drug-likeness (QED) is 0.926. The SMILES string of the molecule is CC(C)NCc1cn(CC(F)(F)F)c2ncccc12. The predicted molar refractivity (Wildman–Crippen MR) is 67.8 cm³/mol. The molecule has 0 saturated heterocycles. The van der Waals surface area contributed by atoms with Gasteiger partial charge in [0.2, 0.25) is 0 Å². The molecule has 0 saturated carbocycles. The van der Waals surface area contributed by atoms with Crippen molar-refractivity contribution >= 4 is 11.0 Å². The summed E-state index contributed by atoms with van der Waals surface area (Å²) in [5.74, 6) is 0. The molecule has 0 fully saturated rings. The zero-order valence-electron chi connectivity index (χ0n) is 10.8. The van der Waals surface area contributed by atoms with Gasteiger partial charge in [0, 0.05) is 30.4 Å². The van der Waals surface area contributed by atoms with Crippen LogP contribution < -0.4 is 5.32 Å². The normalized spacial score (nSPS) is 12.5. The van der Waals surface area contributed by atoms with Gasteiger partial charge in [-0.3, -0.25) is 0 Å². The topological polar surface area (TPSA) is 29.9 Å². The molecule has 0 aliphatic heterocycles. The van der Waals surface area contributed by atoms with E-state index in [-0.39, 0.29) is 6.04 Å². The van der Waals surface area contributed by atoms with Crippen LogP contribution in [0.4, 0.5) is 13.2 Å². The molecule has 2 aromatic rings. The highest BCUT2D eigenvalue weighted by molar-refractivity contribution is 5.80. The summed E-state index contributed by atoms with van der Waals surface area (Å²) in [5, 5.41) is 3.97. The van der Waals surface area contributed by atoms with Crippen molar-refractivity contribution in [2.24, 2.45) is 0 Å². The van der Waals surface area contributed by atoms with Crippen LogP contribution in [0.5, 0.6) is 0 Å². The Labute approximate surface area is 109 Å². The fraction of sp³-hybridized carbons (Fsp3) is 0.462. The number of halogens is 3. The zero-order chi connectivity index (χ0) is 14.0. The molecular formula is C13H16F3N3. The van der Waals surface area contributed by atoms with Gasteiger partial charge < -0.3 is 9.88 Å². The van der Waals surface area contributed by atoms with Crippen molar-refractivity contribution in [3.8, 4) is 0 Å². The molecule has 0 aliphatic rings. The molecular weight excluding hydrogens is 255 g/mol. The van der Waals surface area contributed by atoms with Crippen LogP contribution in [0.1, 0.15) is 19.4 Å². The molecule has 1 N–H and O–H groups in total. The Morgan fingerprint density at radius 3 is 2.74 bits per heavy atom. The summed E-state index contributed by atoms with van der Waals surface area (Å²) in [6, 6.07) is 3.81. The highest BCUT2D eigenvalue weighted by Gasteiger charge is 2.29. The van der Waals surface area contributed by atoms with Crippen LogP contribution in [-0.4, -0.2) is 21.8 Å². The van der Waals surface area contributed by atoms with Crippen LogP contribution in [0, 0.1) is 0 Å². The predicted octanol–water partition coefficient (Wildman–Crippen LogP) is 3.10. The van der Waals surface area contributed by atoms with Crippen molar-refractivity contribution < 1.29 is 13.2 Å². The molecule has 2 rings (SSSR count). The number of hydrogen-bond acceptors (Lipinski definition) is 2. The van der Waals surface area contributed by atoms with Gasteiger partial charge in [-0.15, -0.1) is 0 Å². The van der Waals surface area contributed by atoms with E-state index in [0.717, 1.165) is 15.5 Å². The van der Waals surface area contributed by atoms with E-state index in [1.807, 2.05) is 13.8 Å². The van der Waals surface area contributed by atoms with Crippen molar-refractivity contribution in [2.75, 3.05) is 0 Å². The van der Waals surface area contributed by atoms with E-state index >= 15 is 0 Å². The third-order valence-electron chi connectivity index (χ3n) is 2.77. The Morgan fingerprint density at radius 2 is 2.11 bits per heavy atom. The average molecular weight is 271 g/mol. The standard InChI is InChI=1S/C13H16F3N3/c1-9(2)18-6-10-7-19(8-13(14,15)16)12-11(10)4-3-5-17-12/h3-5,7,9,18H,6,8H2,1-2H3. The first kappa shape index (κ1) is 13.9. The van der Waals surface area contributed by atoms with Crippen LogP contribution in [0.25, 0.3) is 11.0 Å². The van der Waals surface area contributed by atoms with Crippen LogP contribution in [0.3, 0.4) is 0 Å². The summed E-state index contributed by atoms with van der Waals surface area (Å²) < 4.78 is 38.7. The van der Waals surface area contributed by atoms with Crippen molar-refractivity contribution in [1.82, 2.24) is 14.9 Å². The molecule has 0 aromatic carbocycles. The molecule has 6 heteroatoms. The van der Waals surface area contributed by atoms with Crippen LogP contribution >= 0.6 is 0 Å². The molecule has 0 bridgehead atoms. The van der Waals surface area contributed by atoms with E-state index in [2.05, 4.69) is 10.3 Å². The lowest BCUT2D eigenvalue weighted by Crippen LogP contribution is -2.21. The second-order valence-electron chi connectivity index (χ2n) is 4.81. The van der Waals surface area contributed by atoms with E-state index in [1.54, 1.807) is 12.1 Å². The number of nitrogens with zero attached hydrogens (tertiary/aromatic N) is 2. The van der Waals surface area contributed by atoms with Crippen molar-refractivity contribution in [2.45, 2.75) is 39.2 Å². The summed E-state index contributed by atoms with van der Waals surface area (Å²) >= 11 is 0.